The Balaban J connectivity index is 1.98. The molecule has 2 heterocycles. The maximum atomic E-state index is 12.8. The summed E-state index contributed by atoms with van der Waals surface area (Å²) in [6, 6.07) is 16.4. The van der Waals surface area contributed by atoms with Crippen LogP contribution in [0.4, 0.5) is 0 Å². The minimum Gasteiger partial charge on any atom is -0.306 e. The van der Waals surface area contributed by atoms with Crippen molar-refractivity contribution in [3.63, 3.8) is 0 Å². The second kappa shape index (κ2) is 6.25. The molecule has 0 N–H and O–H groups in total. The fraction of sp³-hybridized carbons (Fsp3) is 0.200. The van der Waals surface area contributed by atoms with Crippen molar-refractivity contribution in [2.75, 3.05) is 0 Å². The van der Waals surface area contributed by atoms with Crippen LogP contribution in [-0.2, 0) is 6.54 Å². The van der Waals surface area contributed by atoms with Gasteiger partial charge < -0.3 is 4.57 Å². The predicted molar refractivity (Wildman–Crippen MR) is 102 cm³/mol. The lowest BCUT2D eigenvalue weighted by Gasteiger charge is -2.10. The Hall–Kier alpha value is -3.66. The molecule has 0 saturated carbocycles. The molecule has 2 aromatic carbocycles. The number of aromatic nitrogens is 4. The summed E-state index contributed by atoms with van der Waals surface area (Å²) in [6.45, 7) is 4.18. The van der Waals surface area contributed by atoms with E-state index in [-0.39, 0.29) is 12.6 Å². The molecule has 0 amide bonds. The molecule has 0 atom stereocenters. The number of nitriles is 1. The summed E-state index contributed by atoms with van der Waals surface area (Å²) in [5.74, 6) is 0.435. The number of hydrogen-bond donors (Lipinski definition) is 0. The summed E-state index contributed by atoms with van der Waals surface area (Å²) in [5.41, 5.74) is 1.55. The van der Waals surface area contributed by atoms with Gasteiger partial charge in [-0.15, -0.1) is 5.10 Å². The van der Waals surface area contributed by atoms with E-state index in [1.807, 2.05) is 42.7 Å². The first-order valence-corrected chi connectivity index (χ1v) is 8.63. The van der Waals surface area contributed by atoms with Crippen molar-refractivity contribution in [2.24, 2.45) is 0 Å². The predicted octanol–water partition coefficient (Wildman–Crippen LogP) is 2.31. The standard InChI is InChI=1S/C20H17N5O2/c1-13(2)24-16-5-3-4-6-17(16)25-19(27)18(26)23(22-20(24)25)12-15-9-7-14(11-21)8-10-15/h3-10,13H,12H2,1-2H3. The molecular weight excluding hydrogens is 342 g/mol. The minimum atomic E-state index is -0.677. The highest BCUT2D eigenvalue weighted by molar-refractivity contribution is 5.80. The van der Waals surface area contributed by atoms with Crippen LogP contribution in [0.5, 0.6) is 0 Å². The fourth-order valence-corrected chi connectivity index (χ4v) is 3.31. The van der Waals surface area contributed by atoms with Gasteiger partial charge in [-0.3, -0.25) is 9.59 Å². The van der Waals surface area contributed by atoms with Crippen LogP contribution in [0, 0.1) is 11.3 Å². The molecule has 0 fully saturated rings. The van der Waals surface area contributed by atoms with Gasteiger partial charge >= 0.3 is 11.1 Å². The first-order valence-electron chi connectivity index (χ1n) is 8.63. The van der Waals surface area contributed by atoms with Crippen LogP contribution in [0.25, 0.3) is 16.8 Å². The molecule has 0 bridgehead atoms. The fourth-order valence-electron chi connectivity index (χ4n) is 3.31. The Bertz CT molecular complexity index is 1320. The summed E-state index contributed by atoms with van der Waals surface area (Å²) in [6.07, 6.45) is 0. The summed E-state index contributed by atoms with van der Waals surface area (Å²) in [5, 5.41) is 13.4. The highest BCUT2D eigenvalue weighted by atomic mass is 16.2. The van der Waals surface area contributed by atoms with Gasteiger partial charge in [0.25, 0.3) is 0 Å². The third-order valence-electron chi connectivity index (χ3n) is 4.56. The number of imidazole rings is 1. The Morgan fingerprint density at radius 3 is 2.30 bits per heavy atom. The van der Waals surface area contributed by atoms with Gasteiger partial charge in [0.15, 0.2) is 0 Å². The number of benzene rings is 2. The average Bonchev–Trinajstić information content (AvgIpc) is 3.00. The zero-order valence-corrected chi connectivity index (χ0v) is 15.0. The lowest BCUT2D eigenvalue weighted by atomic mass is 10.1. The van der Waals surface area contributed by atoms with Crippen molar-refractivity contribution in [2.45, 2.75) is 26.4 Å². The van der Waals surface area contributed by atoms with E-state index < -0.39 is 11.1 Å². The number of fused-ring (bicyclic) bond motifs is 3. The molecule has 0 unspecified atom stereocenters. The minimum absolute atomic E-state index is 0.0627. The van der Waals surface area contributed by atoms with Crippen molar-refractivity contribution >= 4 is 16.8 Å². The molecule has 0 aliphatic carbocycles. The number of nitrogens with zero attached hydrogens (tertiary/aromatic N) is 5. The molecule has 0 radical (unpaired) electrons. The van der Waals surface area contributed by atoms with Gasteiger partial charge in [-0.05, 0) is 43.7 Å². The third kappa shape index (κ3) is 2.62. The molecule has 0 aliphatic rings. The van der Waals surface area contributed by atoms with Crippen molar-refractivity contribution in [3.8, 4) is 6.07 Å². The molecule has 0 aliphatic heterocycles. The average molecular weight is 359 g/mol. The van der Waals surface area contributed by atoms with E-state index in [2.05, 4.69) is 11.2 Å². The lowest BCUT2D eigenvalue weighted by molar-refractivity contribution is 0.582. The molecule has 0 saturated heterocycles. The van der Waals surface area contributed by atoms with Crippen molar-refractivity contribution in [1.29, 1.82) is 5.26 Å². The first kappa shape index (κ1) is 16.8. The van der Waals surface area contributed by atoms with Crippen LogP contribution < -0.4 is 11.1 Å². The Morgan fingerprint density at radius 1 is 1.00 bits per heavy atom. The molecule has 0 spiro atoms. The zero-order chi connectivity index (χ0) is 19.1. The van der Waals surface area contributed by atoms with Crippen LogP contribution in [0.2, 0.25) is 0 Å². The molecule has 7 nitrogen and oxygen atoms in total. The SMILES string of the molecule is CC(C)n1c2ccccc2n2c(=O)c(=O)n(Cc3ccc(C#N)cc3)nc12. The number of para-hydroxylation sites is 2. The highest BCUT2D eigenvalue weighted by Crippen LogP contribution is 2.21. The molecule has 134 valence electrons. The molecular formula is C20H17N5O2. The third-order valence-corrected chi connectivity index (χ3v) is 4.56. The van der Waals surface area contributed by atoms with E-state index in [9.17, 15) is 9.59 Å². The summed E-state index contributed by atoms with van der Waals surface area (Å²) in [4.78, 5) is 25.5. The highest BCUT2D eigenvalue weighted by Gasteiger charge is 2.18. The van der Waals surface area contributed by atoms with E-state index in [4.69, 9.17) is 5.26 Å². The monoisotopic (exact) mass is 359 g/mol. The second-order valence-electron chi connectivity index (χ2n) is 6.66. The molecule has 2 aromatic heterocycles. The van der Waals surface area contributed by atoms with E-state index in [0.717, 1.165) is 11.1 Å². The van der Waals surface area contributed by atoms with Crippen LogP contribution in [0.1, 0.15) is 31.0 Å². The van der Waals surface area contributed by atoms with E-state index in [0.29, 0.717) is 16.9 Å². The Labute approximate surface area is 154 Å². The quantitative estimate of drug-likeness (QED) is 0.525. The van der Waals surface area contributed by atoms with Crippen LogP contribution in [0.15, 0.2) is 58.1 Å². The van der Waals surface area contributed by atoms with Crippen molar-refractivity contribution < 1.29 is 0 Å². The molecule has 27 heavy (non-hydrogen) atoms. The molecule has 4 aromatic rings. The van der Waals surface area contributed by atoms with Gasteiger partial charge in [0.05, 0.1) is 29.2 Å². The van der Waals surface area contributed by atoms with Crippen LogP contribution >= 0.6 is 0 Å². The first-order chi connectivity index (χ1) is 13.0. The summed E-state index contributed by atoms with van der Waals surface area (Å²) < 4.78 is 4.52. The van der Waals surface area contributed by atoms with Gasteiger partial charge in [-0.25, -0.2) is 9.08 Å². The maximum Gasteiger partial charge on any atom is 0.333 e. The largest absolute Gasteiger partial charge is 0.333 e. The number of hydrogen-bond acceptors (Lipinski definition) is 4. The lowest BCUT2D eigenvalue weighted by Crippen LogP contribution is -2.40. The van der Waals surface area contributed by atoms with Crippen LogP contribution in [-0.4, -0.2) is 18.7 Å². The van der Waals surface area contributed by atoms with Crippen molar-refractivity contribution in [1.82, 2.24) is 18.7 Å². The topological polar surface area (TPSA) is 85.1 Å². The zero-order valence-electron chi connectivity index (χ0n) is 15.0. The van der Waals surface area contributed by atoms with E-state index in [1.54, 1.807) is 24.3 Å². The van der Waals surface area contributed by atoms with Gasteiger partial charge in [-0.2, -0.15) is 5.26 Å². The molecule has 7 heteroatoms. The van der Waals surface area contributed by atoms with Gasteiger partial charge in [-0.1, -0.05) is 24.3 Å². The summed E-state index contributed by atoms with van der Waals surface area (Å²) >= 11 is 0. The summed E-state index contributed by atoms with van der Waals surface area (Å²) in [7, 11) is 0. The van der Waals surface area contributed by atoms with E-state index >= 15 is 0 Å². The van der Waals surface area contributed by atoms with Gasteiger partial charge in [0.1, 0.15) is 0 Å². The van der Waals surface area contributed by atoms with Crippen LogP contribution in [0.3, 0.4) is 0 Å². The van der Waals surface area contributed by atoms with Gasteiger partial charge in [0, 0.05) is 6.04 Å². The normalized spacial score (nSPS) is 11.3. The number of rotatable bonds is 3. The Kier molecular flexibility index (Phi) is 3.89. The van der Waals surface area contributed by atoms with Crippen molar-refractivity contribution in [3.05, 3.63) is 80.4 Å². The Morgan fingerprint density at radius 2 is 1.67 bits per heavy atom. The van der Waals surface area contributed by atoms with Gasteiger partial charge in [0.2, 0.25) is 5.78 Å². The van der Waals surface area contributed by atoms with E-state index in [1.165, 1.54) is 9.08 Å². The smallest absolute Gasteiger partial charge is 0.306 e. The maximum absolute atomic E-state index is 12.8. The second-order valence-corrected chi connectivity index (χ2v) is 6.66. The molecule has 4 rings (SSSR count).